The van der Waals surface area contributed by atoms with Gasteiger partial charge in [0.2, 0.25) is 0 Å². The molecule has 0 bridgehead atoms. The van der Waals surface area contributed by atoms with Gasteiger partial charge in [-0.3, -0.25) is 0 Å². The van der Waals surface area contributed by atoms with Crippen molar-refractivity contribution >= 4 is 43.2 Å². The molecule has 0 radical (unpaired) electrons. The van der Waals surface area contributed by atoms with Gasteiger partial charge in [0.25, 0.3) is 0 Å². The molecule has 1 saturated heterocycles. The van der Waals surface area contributed by atoms with E-state index >= 15 is 4.39 Å². The Morgan fingerprint density at radius 1 is 0.667 bits per heavy atom. The van der Waals surface area contributed by atoms with Crippen molar-refractivity contribution in [2.24, 2.45) is 11.8 Å². The van der Waals surface area contributed by atoms with Crippen molar-refractivity contribution < 1.29 is 18.6 Å². The van der Waals surface area contributed by atoms with Gasteiger partial charge in [-0.15, -0.1) is 0 Å². The Bertz CT molecular complexity index is 2080. The van der Waals surface area contributed by atoms with E-state index in [1.165, 1.54) is 50.6 Å². The standard InChI is InChI=1S/C23H28BrFN6O.C13H16BrFN4O.FHO/c1-4-21(16(2)3)31-23(32)30(15-27-31)22-20(25)13-19(14-26-22)29-11-9-28(10-12-29)18-7-5-17(24)6-8-18;1-4-11(8(2)3)19-13(20)18(7-17-19)12-10(15)5-9(14)6-16-12;1-2/h5-8,13-16,21H,4,9-12H2,1-3H3;5-8,11H,4H2,1-3H3;2H/t21-;11-;/m00./s1. The second-order valence-electron chi connectivity index (χ2n) is 13.3. The topological polar surface area (TPSA) is 132 Å². The SMILES string of the molecule is CC[C@@H](C(C)C)n1ncn(-c2ncc(Br)cc2F)c1=O.CC[C@@H](C(C)C)n1ncn(-c2ncc(N3CCN(c4ccc(Br)cc4)CC3)cc2F)c1=O.OF. The van der Waals surface area contributed by atoms with Crippen LogP contribution in [0.25, 0.3) is 11.6 Å². The van der Waals surface area contributed by atoms with Crippen LogP contribution in [0.4, 0.5) is 24.7 Å². The molecule has 2 atom stereocenters. The van der Waals surface area contributed by atoms with E-state index < -0.39 is 11.6 Å². The summed E-state index contributed by atoms with van der Waals surface area (Å²) in [5.74, 6) is -0.642. The van der Waals surface area contributed by atoms with Crippen LogP contribution in [-0.4, -0.2) is 70.2 Å². The van der Waals surface area contributed by atoms with Crippen molar-refractivity contribution in [3.8, 4) is 11.6 Å². The zero-order chi connectivity index (χ0) is 39.7. The molecule has 1 aliphatic rings. The number of hydrogen-bond acceptors (Lipinski definition) is 9. The summed E-state index contributed by atoms with van der Waals surface area (Å²) in [6.45, 7) is 15.4. The van der Waals surface area contributed by atoms with Crippen LogP contribution < -0.4 is 21.2 Å². The summed E-state index contributed by atoms with van der Waals surface area (Å²) in [5.41, 5.74) is 1.15. The first kappa shape index (κ1) is 42.5. The van der Waals surface area contributed by atoms with Crippen LogP contribution in [0.1, 0.15) is 66.5 Å². The number of halogens is 5. The number of piperazine rings is 1. The molecule has 5 heterocycles. The lowest BCUT2D eigenvalue weighted by Crippen LogP contribution is -2.46. The first-order chi connectivity index (χ1) is 25.8. The lowest BCUT2D eigenvalue weighted by atomic mass is 10.0. The van der Waals surface area contributed by atoms with Gasteiger partial charge < -0.3 is 9.80 Å². The molecule has 0 amide bonds. The van der Waals surface area contributed by atoms with Crippen LogP contribution in [0.5, 0.6) is 0 Å². The molecule has 5 aromatic rings. The van der Waals surface area contributed by atoms with E-state index in [2.05, 4.69) is 74.0 Å². The highest BCUT2D eigenvalue weighted by Gasteiger charge is 2.23. The van der Waals surface area contributed by atoms with E-state index in [0.717, 1.165) is 53.7 Å². The molecule has 18 heteroatoms. The average molecular weight is 883 g/mol. The summed E-state index contributed by atoms with van der Waals surface area (Å²) in [6, 6.07) is 10.9. The third kappa shape index (κ3) is 9.68. The third-order valence-electron chi connectivity index (χ3n) is 9.28. The summed E-state index contributed by atoms with van der Waals surface area (Å²) in [7, 11) is 0. The highest BCUT2D eigenvalue weighted by Crippen LogP contribution is 2.25. The Labute approximate surface area is 328 Å². The van der Waals surface area contributed by atoms with Crippen molar-refractivity contribution in [2.75, 3.05) is 36.0 Å². The fraction of sp³-hybridized carbons (Fsp3) is 0.444. The van der Waals surface area contributed by atoms with E-state index in [1.807, 2.05) is 53.7 Å². The predicted molar refractivity (Wildman–Crippen MR) is 209 cm³/mol. The Morgan fingerprint density at radius 3 is 1.50 bits per heavy atom. The van der Waals surface area contributed by atoms with Crippen molar-refractivity contribution in [3.05, 3.63) is 103 Å². The minimum absolute atomic E-state index is 0.0118. The first-order valence-corrected chi connectivity index (χ1v) is 19.1. The van der Waals surface area contributed by atoms with E-state index in [1.54, 1.807) is 6.20 Å². The minimum Gasteiger partial charge on any atom is -0.368 e. The molecule has 1 aromatic carbocycles. The number of rotatable bonds is 10. The molecule has 1 aliphatic heterocycles. The van der Waals surface area contributed by atoms with Gasteiger partial charge in [-0.25, -0.2) is 52.1 Å². The number of anilines is 2. The van der Waals surface area contributed by atoms with Gasteiger partial charge in [0.05, 0.1) is 24.0 Å². The van der Waals surface area contributed by atoms with Gasteiger partial charge in [-0.1, -0.05) is 62.0 Å². The Balaban J connectivity index is 0.000000254. The van der Waals surface area contributed by atoms with Crippen LogP contribution in [0, 0.1) is 23.5 Å². The minimum atomic E-state index is -0.571. The second kappa shape index (κ2) is 19.3. The quantitative estimate of drug-likeness (QED) is 0.157. The Morgan fingerprint density at radius 2 is 1.09 bits per heavy atom. The summed E-state index contributed by atoms with van der Waals surface area (Å²) in [4.78, 5) is 37.9. The predicted octanol–water partition coefficient (Wildman–Crippen LogP) is 7.07. The van der Waals surface area contributed by atoms with Crippen molar-refractivity contribution in [3.63, 3.8) is 0 Å². The van der Waals surface area contributed by atoms with E-state index in [0.29, 0.717) is 4.47 Å². The monoisotopic (exact) mass is 880 g/mol. The lowest BCUT2D eigenvalue weighted by Gasteiger charge is -2.37. The molecule has 1 N–H and O–H groups in total. The number of aromatic nitrogens is 8. The molecule has 0 saturated carbocycles. The summed E-state index contributed by atoms with van der Waals surface area (Å²) < 4.78 is 44.1. The Kier molecular flexibility index (Phi) is 15.2. The molecule has 54 heavy (non-hydrogen) atoms. The normalized spacial score (nSPS) is 14.0. The van der Waals surface area contributed by atoms with Gasteiger partial charge in [-0.05, 0) is 70.9 Å². The second-order valence-corrected chi connectivity index (χ2v) is 15.1. The number of hydrogen-bond donors (Lipinski definition) is 1. The van der Waals surface area contributed by atoms with Crippen LogP contribution in [0.15, 0.2) is 80.0 Å². The molecule has 0 unspecified atom stereocenters. The van der Waals surface area contributed by atoms with Crippen molar-refractivity contribution in [1.82, 2.24) is 38.7 Å². The fourth-order valence-electron chi connectivity index (χ4n) is 6.46. The molecule has 0 aliphatic carbocycles. The van der Waals surface area contributed by atoms with Crippen molar-refractivity contribution in [2.45, 2.75) is 66.5 Å². The maximum absolute atomic E-state index is 15.0. The molecular formula is C36H45Br2F3N10O3. The van der Waals surface area contributed by atoms with Gasteiger partial charge in [0.15, 0.2) is 23.3 Å². The van der Waals surface area contributed by atoms with Crippen LogP contribution in [0.3, 0.4) is 0 Å². The summed E-state index contributed by atoms with van der Waals surface area (Å²) >= 11 is 6.60. The van der Waals surface area contributed by atoms with E-state index in [9.17, 15) is 14.0 Å². The van der Waals surface area contributed by atoms with E-state index in [4.69, 9.17) is 9.84 Å². The molecule has 292 valence electrons. The maximum Gasteiger partial charge on any atom is 0.351 e. The highest BCUT2D eigenvalue weighted by atomic mass is 79.9. The van der Waals surface area contributed by atoms with Gasteiger partial charge in [0.1, 0.15) is 12.7 Å². The number of benzene rings is 1. The van der Waals surface area contributed by atoms with Gasteiger partial charge >= 0.3 is 11.4 Å². The third-order valence-corrected chi connectivity index (χ3v) is 10.2. The highest BCUT2D eigenvalue weighted by molar-refractivity contribution is 9.10. The van der Waals surface area contributed by atoms with Crippen molar-refractivity contribution in [1.29, 1.82) is 0 Å². The number of pyridine rings is 2. The largest absolute Gasteiger partial charge is 0.368 e. The van der Waals surface area contributed by atoms with Gasteiger partial charge in [-0.2, -0.15) is 10.2 Å². The Hall–Kier alpha value is -4.29. The lowest BCUT2D eigenvalue weighted by molar-refractivity contribution is -0.0441. The summed E-state index contributed by atoms with van der Waals surface area (Å²) in [6.07, 6.45) is 7.31. The van der Waals surface area contributed by atoms with E-state index in [-0.39, 0.29) is 46.9 Å². The first-order valence-electron chi connectivity index (χ1n) is 17.6. The average Bonchev–Trinajstić information content (AvgIpc) is 3.71. The van der Waals surface area contributed by atoms with Gasteiger partial charge in [0, 0.05) is 53.1 Å². The molecule has 4 aromatic heterocycles. The molecular weight excluding hydrogens is 837 g/mol. The maximum atomic E-state index is 15.0. The zero-order valence-corrected chi connectivity index (χ0v) is 34.1. The summed E-state index contributed by atoms with van der Waals surface area (Å²) in [5, 5.41) is 13.8. The fourth-order valence-corrected chi connectivity index (χ4v) is 7.03. The zero-order valence-electron chi connectivity index (χ0n) is 31.0. The van der Waals surface area contributed by atoms with Crippen LogP contribution >= 0.6 is 31.9 Å². The molecule has 1 fully saturated rings. The van der Waals surface area contributed by atoms with Crippen LogP contribution in [-0.2, 0) is 0 Å². The van der Waals surface area contributed by atoms with Crippen LogP contribution in [0.2, 0.25) is 0 Å². The smallest absolute Gasteiger partial charge is 0.351 e. The number of nitrogens with zero attached hydrogens (tertiary/aromatic N) is 10. The molecule has 0 spiro atoms. The molecule has 13 nitrogen and oxygen atoms in total. The molecule has 6 rings (SSSR count).